The van der Waals surface area contributed by atoms with Gasteiger partial charge in [-0.15, -0.1) is 10.2 Å². The number of carbonyl (C=O) groups excluding carboxylic acids is 1. The Bertz CT molecular complexity index is 1200. The molecule has 0 bridgehead atoms. The molecule has 168 valence electrons. The molecule has 4 aromatic rings. The number of nitrogens with one attached hydrogen (secondary N) is 1. The second-order valence-electron chi connectivity index (χ2n) is 7.38. The molecule has 0 spiro atoms. The van der Waals surface area contributed by atoms with Gasteiger partial charge in [-0.05, 0) is 67.6 Å². The molecular weight excluding hydrogens is 441 g/mol. The molecule has 8 heteroatoms. The molecule has 4 rings (SSSR count). The summed E-state index contributed by atoms with van der Waals surface area (Å²) >= 11 is 1.16. The number of thioether (sulfide) groups is 1. The van der Waals surface area contributed by atoms with Crippen LogP contribution in [0.25, 0.3) is 0 Å². The lowest BCUT2D eigenvalue weighted by molar-refractivity contribution is -0.115. The maximum absolute atomic E-state index is 13.1. The van der Waals surface area contributed by atoms with E-state index in [1.165, 1.54) is 24.3 Å². The first kappa shape index (κ1) is 22.5. The Hall–Kier alpha value is -3.65. The summed E-state index contributed by atoms with van der Waals surface area (Å²) in [5.74, 6) is 0.191. The van der Waals surface area contributed by atoms with E-state index in [9.17, 15) is 9.18 Å². The number of anilines is 1. The summed E-state index contributed by atoms with van der Waals surface area (Å²) in [6.07, 6.45) is -0.547. The third-order valence-electron chi connectivity index (χ3n) is 4.77. The fourth-order valence-electron chi connectivity index (χ4n) is 3.05. The van der Waals surface area contributed by atoms with Gasteiger partial charge in [0.05, 0.1) is 0 Å². The zero-order chi connectivity index (χ0) is 23.2. The number of hydrogen-bond donors (Lipinski definition) is 1. The summed E-state index contributed by atoms with van der Waals surface area (Å²) in [6, 6.07) is 22.7. The van der Waals surface area contributed by atoms with Crippen LogP contribution in [0.5, 0.6) is 5.75 Å². The van der Waals surface area contributed by atoms with Crippen molar-refractivity contribution in [2.75, 3.05) is 5.32 Å². The van der Waals surface area contributed by atoms with Crippen molar-refractivity contribution in [3.63, 3.8) is 0 Å². The summed E-state index contributed by atoms with van der Waals surface area (Å²) in [7, 11) is 0. The molecule has 1 N–H and O–H groups in total. The van der Waals surface area contributed by atoms with Gasteiger partial charge in [0, 0.05) is 5.69 Å². The topological polar surface area (TPSA) is 77.2 Å². The molecule has 6 nitrogen and oxygen atoms in total. The molecule has 3 aromatic carbocycles. The van der Waals surface area contributed by atoms with Crippen LogP contribution in [0.4, 0.5) is 10.1 Å². The summed E-state index contributed by atoms with van der Waals surface area (Å²) < 4.78 is 24.6. The number of rotatable bonds is 8. The summed E-state index contributed by atoms with van der Waals surface area (Å²) in [6.45, 7) is 3.74. The van der Waals surface area contributed by atoms with E-state index in [0.29, 0.717) is 11.4 Å². The van der Waals surface area contributed by atoms with Crippen LogP contribution in [-0.2, 0) is 4.79 Å². The average molecular weight is 464 g/mol. The molecule has 0 aliphatic rings. The Morgan fingerprint density at radius 1 is 1.00 bits per heavy atom. The standard InChI is InChI=1S/C25H22FN3O3S/c1-16-8-12-20(13-9-16)27-23(30)22(18-6-4-3-5-7-18)33-25-29-28-24(32-25)17(2)31-21-14-10-19(26)11-15-21/h3-15,17,22H,1-2H3,(H,27,30)/t17-,22-/m0/s1. The van der Waals surface area contributed by atoms with E-state index in [-0.39, 0.29) is 22.8 Å². The first-order valence-corrected chi connectivity index (χ1v) is 11.2. The van der Waals surface area contributed by atoms with E-state index >= 15 is 0 Å². The summed E-state index contributed by atoms with van der Waals surface area (Å²) in [5.41, 5.74) is 2.62. The van der Waals surface area contributed by atoms with Crippen LogP contribution in [-0.4, -0.2) is 16.1 Å². The van der Waals surface area contributed by atoms with Gasteiger partial charge in [-0.1, -0.05) is 48.0 Å². The van der Waals surface area contributed by atoms with Crippen molar-refractivity contribution in [3.05, 3.63) is 102 Å². The molecule has 0 unspecified atom stereocenters. The smallest absolute Gasteiger partial charge is 0.277 e. The molecule has 0 aliphatic carbocycles. The maximum Gasteiger partial charge on any atom is 0.277 e. The number of amides is 1. The Morgan fingerprint density at radius 3 is 2.39 bits per heavy atom. The number of nitrogens with zero attached hydrogens (tertiary/aromatic N) is 2. The maximum atomic E-state index is 13.1. The highest BCUT2D eigenvalue weighted by Gasteiger charge is 2.26. The van der Waals surface area contributed by atoms with Gasteiger partial charge in [0.1, 0.15) is 16.8 Å². The van der Waals surface area contributed by atoms with Gasteiger partial charge in [0.25, 0.3) is 11.1 Å². The molecule has 0 saturated carbocycles. The van der Waals surface area contributed by atoms with Crippen molar-refractivity contribution in [1.82, 2.24) is 10.2 Å². The molecule has 0 saturated heterocycles. The molecule has 0 aliphatic heterocycles. The monoisotopic (exact) mass is 463 g/mol. The van der Waals surface area contributed by atoms with Crippen LogP contribution in [0.15, 0.2) is 88.5 Å². The number of aromatic nitrogens is 2. The van der Waals surface area contributed by atoms with Gasteiger partial charge in [-0.2, -0.15) is 0 Å². The van der Waals surface area contributed by atoms with Gasteiger partial charge >= 0.3 is 0 Å². The SMILES string of the molecule is Cc1ccc(NC(=O)[C@@H](Sc2nnc([C@H](C)Oc3ccc(F)cc3)o2)c2ccccc2)cc1. The lowest BCUT2D eigenvalue weighted by Crippen LogP contribution is -2.19. The number of halogens is 1. The molecule has 1 amide bonds. The van der Waals surface area contributed by atoms with Crippen LogP contribution in [0, 0.1) is 12.7 Å². The summed E-state index contributed by atoms with van der Waals surface area (Å²) in [4.78, 5) is 13.1. The second kappa shape index (κ2) is 10.3. The van der Waals surface area contributed by atoms with Crippen molar-refractivity contribution in [3.8, 4) is 5.75 Å². The van der Waals surface area contributed by atoms with Crippen molar-refractivity contribution in [2.24, 2.45) is 0 Å². The number of hydrogen-bond acceptors (Lipinski definition) is 6. The fraction of sp³-hybridized carbons (Fsp3) is 0.160. The lowest BCUT2D eigenvalue weighted by Gasteiger charge is -2.15. The third-order valence-corrected chi connectivity index (χ3v) is 5.86. The highest BCUT2D eigenvalue weighted by Crippen LogP contribution is 2.36. The minimum absolute atomic E-state index is 0.203. The minimum Gasteiger partial charge on any atom is -0.481 e. The quantitative estimate of drug-likeness (QED) is 0.317. The molecule has 0 fully saturated rings. The van der Waals surface area contributed by atoms with E-state index in [0.717, 1.165) is 22.9 Å². The van der Waals surface area contributed by atoms with Gasteiger partial charge < -0.3 is 14.5 Å². The third kappa shape index (κ3) is 5.98. The zero-order valence-electron chi connectivity index (χ0n) is 18.1. The minimum atomic E-state index is -0.603. The van der Waals surface area contributed by atoms with E-state index in [1.54, 1.807) is 6.92 Å². The van der Waals surface area contributed by atoms with E-state index in [1.807, 2.05) is 61.5 Å². The van der Waals surface area contributed by atoms with Crippen LogP contribution >= 0.6 is 11.8 Å². The van der Waals surface area contributed by atoms with Crippen LogP contribution in [0.3, 0.4) is 0 Å². The molecule has 33 heavy (non-hydrogen) atoms. The van der Waals surface area contributed by atoms with E-state index in [2.05, 4.69) is 15.5 Å². The van der Waals surface area contributed by atoms with Crippen molar-refractivity contribution in [1.29, 1.82) is 0 Å². The number of ether oxygens (including phenoxy) is 1. The van der Waals surface area contributed by atoms with Gasteiger partial charge in [-0.25, -0.2) is 4.39 Å². The van der Waals surface area contributed by atoms with Crippen LogP contribution in [0.2, 0.25) is 0 Å². The number of aryl methyl sites for hydroxylation is 1. The Kier molecular flexibility index (Phi) is 7.04. The van der Waals surface area contributed by atoms with Gasteiger partial charge in [-0.3, -0.25) is 4.79 Å². The predicted octanol–water partition coefficient (Wildman–Crippen LogP) is 6.13. The molecule has 1 aromatic heterocycles. The van der Waals surface area contributed by atoms with E-state index in [4.69, 9.17) is 9.15 Å². The average Bonchev–Trinajstić information content (AvgIpc) is 3.30. The van der Waals surface area contributed by atoms with Gasteiger partial charge in [0.15, 0.2) is 6.10 Å². The molecule has 2 atom stereocenters. The lowest BCUT2D eigenvalue weighted by atomic mass is 10.1. The number of carbonyl (C=O) groups is 1. The van der Waals surface area contributed by atoms with E-state index < -0.39 is 11.4 Å². The Labute approximate surface area is 195 Å². The molecule has 1 heterocycles. The first-order chi connectivity index (χ1) is 16.0. The predicted molar refractivity (Wildman–Crippen MR) is 125 cm³/mol. The molecular formula is C25H22FN3O3S. The van der Waals surface area contributed by atoms with Crippen molar-refractivity contribution in [2.45, 2.75) is 30.4 Å². The number of benzene rings is 3. The van der Waals surface area contributed by atoms with Crippen LogP contribution in [0.1, 0.15) is 35.3 Å². The van der Waals surface area contributed by atoms with Crippen molar-refractivity contribution < 1.29 is 18.3 Å². The van der Waals surface area contributed by atoms with Gasteiger partial charge in [0.2, 0.25) is 5.91 Å². The first-order valence-electron chi connectivity index (χ1n) is 10.3. The highest BCUT2D eigenvalue weighted by atomic mass is 32.2. The fourth-order valence-corrected chi connectivity index (χ4v) is 3.93. The highest BCUT2D eigenvalue weighted by molar-refractivity contribution is 8.00. The normalized spacial score (nSPS) is 12.7. The molecule has 0 radical (unpaired) electrons. The van der Waals surface area contributed by atoms with Crippen molar-refractivity contribution >= 4 is 23.4 Å². The van der Waals surface area contributed by atoms with Crippen LogP contribution < -0.4 is 10.1 Å². The summed E-state index contributed by atoms with van der Waals surface area (Å²) in [5, 5.41) is 10.7. The zero-order valence-corrected chi connectivity index (χ0v) is 18.9. The second-order valence-corrected chi connectivity index (χ2v) is 8.44. The Balaban J connectivity index is 1.49. The largest absolute Gasteiger partial charge is 0.481 e. The Morgan fingerprint density at radius 2 is 1.70 bits per heavy atom.